The average Bonchev–Trinajstić information content (AvgIpc) is 2.56. The van der Waals surface area contributed by atoms with E-state index in [-0.39, 0.29) is 21.8 Å². The van der Waals surface area contributed by atoms with Gasteiger partial charge < -0.3 is 15.8 Å². The van der Waals surface area contributed by atoms with Crippen LogP contribution in [0.5, 0.6) is 0 Å². The van der Waals surface area contributed by atoms with Crippen molar-refractivity contribution in [2.24, 2.45) is 0 Å². The van der Waals surface area contributed by atoms with Gasteiger partial charge in [-0.1, -0.05) is 39.8 Å². The smallest absolute Gasteiger partial charge is 0.340 e. The molecule has 0 aliphatic heterocycles. The fraction of sp³-hybridized carbons (Fsp3) is 0.125. The van der Waals surface area contributed by atoms with E-state index in [4.69, 9.17) is 10.5 Å². The molecular weight excluding hydrogens is 418 g/mol. The number of carbonyl (C=O) groups excluding carboxylic acids is 2. The highest BCUT2D eigenvalue weighted by Crippen LogP contribution is 2.31. The van der Waals surface area contributed by atoms with E-state index in [1.165, 1.54) is 24.3 Å². The molecule has 132 valence electrons. The van der Waals surface area contributed by atoms with Crippen LogP contribution in [-0.4, -0.2) is 24.2 Å². The first kappa shape index (κ1) is 19.2. The molecule has 0 aliphatic carbocycles. The molecule has 0 atom stereocenters. The minimum absolute atomic E-state index is 0.121. The van der Waals surface area contributed by atoms with E-state index in [0.29, 0.717) is 16.2 Å². The van der Waals surface area contributed by atoms with E-state index in [2.05, 4.69) is 21.2 Å². The van der Waals surface area contributed by atoms with Crippen LogP contribution in [0.1, 0.15) is 10.4 Å². The Bertz CT molecular complexity index is 790. The Kier molecular flexibility index (Phi) is 6.77. The monoisotopic (exact) mass is 430 g/mol. The highest BCUT2D eigenvalue weighted by Gasteiger charge is 2.15. The first-order valence-corrected chi connectivity index (χ1v) is 8.60. The Hall–Kier alpha value is -2.13. The van der Waals surface area contributed by atoms with Gasteiger partial charge in [-0.05, 0) is 30.3 Å². The fourth-order valence-corrected chi connectivity index (χ4v) is 2.83. The van der Waals surface area contributed by atoms with Crippen LogP contribution >= 0.6 is 27.7 Å². The van der Waals surface area contributed by atoms with Gasteiger partial charge in [0.05, 0.1) is 11.3 Å². The Morgan fingerprint density at radius 1 is 1.24 bits per heavy atom. The molecule has 0 radical (unpaired) electrons. The van der Waals surface area contributed by atoms with Crippen molar-refractivity contribution in [1.82, 2.24) is 0 Å². The average molecular weight is 431 g/mol. The second-order valence-corrected chi connectivity index (χ2v) is 6.68. The lowest BCUT2D eigenvalue weighted by Gasteiger charge is -2.11. The lowest BCUT2D eigenvalue weighted by atomic mass is 10.2. The standard InChI is InChI=1S/C16H13BrF2N2O3S/c17-9-5-6-11(20)10(7-9)15(23)24-8-14(22)21-12-3-1-2-4-13(12)25-16(18)19/h1-7,16H,8,20H2,(H,21,22). The number of anilines is 2. The van der Waals surface area contributed by atoms with Gasteiger partial charge in [0.2, 0.25) is 0 Å². The zero-order chi connectivity index (χ0) is 18.4. The first-order valence-electron chi connectivity index (χ1n) is 6.92. The molecular formula is C16H13BrF2N2O3S. The third-order valence-corrected chi connectivity index (χ3v) is 4.23. The summed E-state index contributed by atoms with van der Waals surface area (Å²) in [7, 11) is 0. The van der Waals surface area contributed by atoms with Gasteiger partial charge in [-0.15, -0.1) is 0 Å². The molecule has 2 aromatic rings. The first-order chi connectivity index (χ1) is 11.9. The Balaban J connectivity index is 1.97. The number of esters is 1. The summed E-state index contributed by atoms with van der Waals surface area (Å²) in [4.78, 5) is 24.1. The van der Waals surface area contributed by atoms with Crippen molar-refractivity contribution in [3.05, 3.63) is 52.5 Å². The fourth-order valence-electron chi connectivity index (χ4n) is 1.87. The summed E-state index contributed by atoms with van der Waals surface area (Å²) < 4.78 is 30.6. The molecule has 0 saturated heterocycles. The molecule has 0 heterocycles. The van der Waals surface area contributed by atoms with Crippen LogP contribution < -0.4 is 11.1 Å². The minimum atomic E-state index is -2.62. The van der Waals surface area contributed by atoms with Gasteiger partial charge in [0, 0.05) is 15.1 Å². The Morgan fingerprint density at radius 2 is 1.96 bits per heavy atom. The van der Waals surface area contributed by atoms with Crippen LogP contribution in [0.4, 0.5) is 20.2 Å². The molecule has 2 aromatic carbocycles. The number of benzene rings is 2. The number of hydrogen-bond acceptors (Lipinski definition) is 5. The molecule has 25 heavy (non-hydrogen) atoms. The largest absolute Gasteiger partial charge is 0.452 e. The predicted octanol–water partition coefficient (Wildman–Crippen LogP) is 4.14. The summed E-state index contributed by atoms with van der Waals surface area (Å²) >= 11 is 3.52. The number of nitrogen functional groups attached to an aromatic ring is 1. The number of nitrogens with one attached hydrogen (secondary N) is 1. The SMILES string of the molecule is Nc1ccc(Br)cc1C(=O)OCC(=O)Nc1ccccc1SC(F)F. The van der Waals surface area contributed by atoms with Gasteiger partial charge in [0.15, 0.2) is 6.61 Å². The van der Waals surface area contributed by atoms with Crippen LogP contribution in [0.25, 0.3) is 0 Å². The highest BCUT2D eigenvalue weighted by atomic mass is 79.9. The van der Waals surface area contributed by atoms with Gasteiger partial charge in [-0.25, -0.2) is 4.79 Å². The second-order valence-electron chi connectivity index (χ2n) is 4.73. The normalized spacial score (nSPS) is 10.6. The summed E-state index contributed by atoms with van der Waals surface area (Å²) in [5.74, 6) is -4.02. The van der Waals surface area contributed by atoms with Crippen LogP contribution in [-0.2, 0) is 9.53 Å². The highest BCUT2D eigenvalue weighted by molar-refractivity contribution is 9.10. The molecule has 0 unspecified atom stereocenters. The lowest BCUT2D eigenvalue weighted by molar-refractivity contribution is -0.119. The Labute approximate surface area is 155 Å². The van der Waals surface area contributed by atoms with Crippen molar-refractivity contribution >= 4 is 50.9 Å². The van der Waals surface area contributed by atoms with Crippen LogP contribution in [0, 0.1) is 0 Å². The number of carbonyl (C=O) groups is 2. The molecule has 0 fully saturated rings. The summed E-state index contributed by atoms with van der Waals surface area (Å²) in [6.07, 6.45) is 0. The van der Waals surface area contributed by atoms with Crippen LogP contribution in [0.2, 0.25) is 0 Å². The van der Waals surface area contributed by atoms with Gasteiger partial charge in [-0.3, -0.25) is 4.79 Å². The van der Waals surface area contributed by atoms with Crippen molar-refractivity contribution in [1.29, 1.82) is 0 Å². The maximum atomic E-state index is 12.5. The molecule has 0 bridgehead atoms. The molecule has 0 spiro atoms. The van der Waals surface area contributed by atoms with E-state index >= 15 is 0 Å². The zero-order valence-corrected chi connectivity index (χ0v) is 15.1. The van der Waals surface area contributed by atoms with Crippen LogP contribution in [0.15, 0.2) is 51.8 Å². The van der Waals surface area contributed by atoms with Crippen molar-refractivity contribution in [3.63, 3.8) is 0 Å². The van der Waals surface area contributed by atoms with E-state index in [0.717, 1.165) is 0 Å². The molecule has 9 heteroatoms. The minimum Gasteiger partial charge on any atom is -0.452 e. The van der Waals surface area contributed by atoms with E-state index in [9.17, 15) is 18.4 Å². The molecule has 2 rings (SSSR count). The van der Waals surface area contributed by atoms with Crippen molar-refractivity contribution < 1.29 is 23.1 Å². The summed E-state index contributed by atoms with van der Waals surface area (Å²) in [6, 6.07) is 10.8. The van der Waals surface area contributed by atoms with Gasteiger partial charge >= 0.3 is 5.97 Å². The van der Waals surface area contributed by atoms with Crippen molar-refractivity contribution in [3.8, 4) is 0 Å². The summed E-state index contributed by atoms with van der Waals surface area (Å²) in [6.45, 7) is -0.571. The van der Waals surface area contributed by atoms with Gasteiger partial charge in [0.25, 0.3) is 11.7 Å². The lowest BCUT2D eigenvalue weighted by Crippen LogP contribution is -2.21. The molecule has 1 amide bonds. The second kappa shape index (κ2) is 8.82. The zero-order valence-electron chi connectivity index (χ0n) is 12.7. The quantitative estimate of drug-likeness (QED) is 0.408. The molecule has 0 saturated carbocycles. The van der Waals surface area contributed by atoms with E-state index in [1.807, 2.05) is 0 Å². The number of thioether (sulfide) groups is 1. The van der Waals surface area contributed by atoms with Crippen LogP contribution in [0.3, 0.4) is 0 Å². The van der Waals surface area contributed by atoms with E-state index in [1.54, 1.807) is 18.2 Å². The maximum absolute atomic E-state index is 12.5. The van der Waals surface area contributed by atoms with E-state index < -0.39 is 24.2 Å². The summed E-state index contributed by atoms with van der Waals surface area (Å²) in [5, 5.41) is 2.44. The molecule has 0 aliphatic rings. The molecule has 5 nitrogen and oxygen atoms in total. The number of halogens is 3. The number of nitrogens with two attached hydrogens (primary N) is 1. The number of alkyl halides is 2. The predicted molar refractivity (Wildman–Crippen MR) is 95.8 cm³/mol. The number of para-hydroxylation sites is 1. The maximum Gasteiger partial charge on any atom is 0.340 e. The number of hydrogen-bond donors (Lipinski definition) is 2. The van der Waals surface area contributed by atoms with Crippen molar-refractivity contribution in [2.75, 3.05) is 17.7 Å². The third-order valence-electron chi connectivity index (χ3n) is 2.95. The third kappa shape index (κ3) is 5.71. The number of ether oxygens (including phenoxy) is 1. The topological polar surface area (TPSA) is 81.4 Å². The van der Waals surface area contributed by atoms with Crippen molar-refractivity contribution in [2.45, 2.75) is 10.7 Å². The molecule has 0 aromatic heterocycles. The van der Waals surface area contributed by atoms with Gasteiger partial charge in [0.1, 0.15) is 0 Å². The van der Waals surface area contributed by atoms with Gasteiger partial charge in [-0.2, -0.15) is 8.78 Å². The Morgan fingerprint density at radius 3 is 2.68 bits per heavy atom. The number of amides is 1. The number of rotatable bonds is 6. The molecule has 3 N–H and O–H groups in total. The summed E-state index contributed by atoms with van der Waals surface area (Å²) in [5.41, 5.74) is 6.25.